The van der Waals surface area contributed by atoms with Crippen LogP contribution in [0.25, 0.3) is 0 Å². The second-order valence-electron chi connectivity index (χ2n) is 6.66. The summed E-state index contributed by atoms with van der Waals surface area (Å²) < 4.78 is 5.16. The molecule has 1 aliphatic heterocycles. The van der Waals surface area contributed by atoms with Crippen molar-refractivity contribution in [2.24, 2.45) is 5.73 Å². The monoisotopic (exact) mass is 327 g/mol. The summed E-state index contributed by atoms with van der Waals surface area (Å²) in [4.78, 5) is 26.4. The van der Waals surface area contributed by atoms with Crippen molar-refractivity contribution < 1.29 is 14.3 Å². The van der Waals surface area contributed by atoms with Gasteiger partial charge in [0.1, 0.15) is 5.54 Å². The predicted molar refractivity (Wildman–Crippen MR) is 87.0 cm³/mol. The molecule has 6 heteroatoms. The lowest BCUT2D eigenvalue weighted by Crippen LogP contribution is -2.58. The lowest BCUT2D eigenvalue weighted by Gasteiger charge is -2.35. The Morgan fingerprint density at radius 1 is 1.29 bits per heavy atom. The number of ether oxygens (including phenoxy) is 1. The van der Waals surface area contributed by atoms with Gasteiger partial charge in [0, 0.05) is 19.2 Å². The van der Waals surface area contributed by atoms with Gasteiger partial charge in [-0.05, 0) is 43.4 Å². The first-order chi connectivity index (χ1) is 11.5. The molecule has 6 nitrogen and oxygen atoms in total. The first-order valence-electron chi connectivity index (χ1n) is 8.12. The topological polar surface area (TPSA) is 96.4 Å². The lowest BCUT2D eigenvalue weighted by molar-refractivity contribution is -0.130. The minimum absolute atomic E-state index is 0.101. The Hall–Kier alpha value is -2.39. The molecule has 0 spiro atoms. The standard InChI is InChI=1S/C18H21N3O3/c1-24-12-18(16(20)23)7-2-10-21(18)15(22)13-3-5-14(6-4-13)17(11-19)8-9-17/h3-6H,2,7-10,12H2,1H3,(H2,20,23). The van der Waals surface area contributed by atoms with Crippen LogP contribution in [0.2, 0.25) is 0 Å². The zero-order valence-electron chi connectivity index (χ0n) is 13.7. The van der Waals surface area contributed by atoms with Crippen molar-refractivity contribution >= 4 is 11.8 Å². The van der Waals surface area contributed by atoms with Gasteiger partial charge in [-0.1, -0.05) is 12.1 Å². The number of rotatable bonds is 5. The molecule has 1 heterocycles. The minimum Gasteiger partial charge on any atom is -0.382 e. The van der Waals surface area contributed by atoms with Gasteiger partial charge in [0.15, 0.2) is 0 Å². The van der Waals surface area contributed by atoms with Gasteiger partial charge in [-0.15, -0.1) is 0 Å². The number of nitriles is 1. The number of likely N-dealkylation sites (tertiary alicyclic amines) is 1. The Labute approximate surface area is 141 Å². The molecule has 0 bridgehead atoms. The number of amides is 2. The molecular formula is C18H21N3O3. The van der Waals surface area contributed by atoms with E-state index in [4.69, 9.17) is 10.5 Å². The normalized spacial score (nSPS) is 24.4. The molecule has 0 aromatic heterocycles. The van der Waals surface area contributed by atoms with Crippen LogP contribution < -0.4 is 5.73 Å². The van der Waals surface area contributed by atoms with Gasteiger partial charge >= 0.3 is 0 Å². The SMILES string of the molecule is COCC1(C(N)=O)CCCN1C(=O)c1ccc(C2(C#N)CC2)cc1. The Bertz CT molecular complexity index is 703. The molecule has 126 valence electrons. The van der Waals surface area contributed by atoms with E-state index in [-0.39, 0.29) is 17.9 Å². The van der Waals surface area contributed by atoms with E-state index in [2.05, 4.69) is 6.07 Å². The number of methoxy groups -OCH3 is 1. The summed E-state index contributed by atoms with van der Waals surface area (Å²) in [6.45, 7) is 0.582. The fourth-order valence-corrected chi connectivity index (χ4v) is 3.57. The number of carbonyl (C=O) groups is 2. The summed E-state index contributed by atoms with van der Waals surface area (Å²) in [5.41, 5.74) is 5.58. The molecule has 0 radical (unpaired) electrons. The summed E-state index contributed by atoms with van der Waals surface area (Å²) in [7, 11) is 1.50. The lowest BCUT2D eigenvalue weighted by atomic mass is 9.94. The smallest absolute Gasteiger partial charge is 0.254 e. The summed E-state index contributed by atoms with van der Waals surface area (Å²) in [5, 5.41) is 9.26. The van der Waals surface area contributed by atoms with Gasteiger partial charge in [0.25, 0.3) is 5.91 Å². The fourth-order valence-electron chi connectivity index (χ4n) is 3.57. The molecule has 1 aliphatic carbocycles. The molecule has 24 heavy (non-hydrogen) atoms. The summed E-state index contributed by atoms with van der Waals surface area (Å²) >= 11 is 0. The van der Waals surface area contributed by atoms with Crippen LogP contribution in [0.1, 0.15) is 41.6 Å². The molecular weight excluding hydrogens is 306 g/mol. The van der Waals surface area contributed by atoms with E-state index < -0.39 is 11.4 Å². The van der Waals surface area contributed by atoms with E-state index in [1.54, 1.807) is 12.1 Å². The first-order valence-corrected chi connectivity index (χ1v) is 8.12. The molecule has 1 saturated heterocycles. The third-order valence-electron chi connectivity index (χ3n) is 5.22. The van der Waals surface area contributed by atoms with E-state index in [9.17, 15) is 14.9 Å². The average Bonchev–Trinajstić information content (AvgIpc) is 3.28. The number of primary amides is 1. The van der Waals surface area contributed by atoms with Gasteiger partial charge in [0.05, 0.1) is 18.1 Å². The zero-order valence-corrected chi connectivity index (χ0v) is 13.7. The maximum atomic E-state index is 12.9. The maximum absolute atomic E-state index is 12.9. The molecule has 1 unspecified atom stereocenters. The van der Waals surface area contributed by atoms with Crippen molar-refractivity contribution in [3.05, 3.63) is 35.4 Å². The van der Waals surface area contributed by atoms with Gasteiger partial charge in [0.2, 0.25) is 5.91 Å². The van der Waals surface area contributed by atoms with Crippen LogP contribution >= 0.6 is 0 Å². The zero-order chi connectivity index (χ0) is 17.4. The van der Waals surface area contributed by atoms with Crippen LogP contribution in [0.15, 0.2) is 24.3 Å². The second-order valence-corrected chi connectivity index (χ2v) is 6.66. The maximum Gasteiger partial charge on any atom is 0.254 e. The number of benzene rings is 1. The third-order valence-corrected chi connectivity index (χ3v) is 5.22. The Kier molecular flexibility index (Phi) is 4.06. The van der Waals surface area contributed by atoms with Gasteiger partial charge in [-0.25, -0.2) is 0 Å². The largest absolute Gasteiger partial charge is 0.382 e. The number of nitrogens with zero attached hydrogens (tertiary/aromatic N) is 2. The first kappa shape index (κ1) is 16.5. The van der Waals surface area contributed by atoms with Crippen molar-refractivity contribution in [3.63, 3.8) is 0 Å². The highest BCUT2D eigenvalue weighted by Crippen LogP contribution is 2.47. The average molecular weight is 327 g/mol. The molecule has 2 N–H and O–H groups in total. The van der Waals surface area contributed by atoms with Crippen molar-refractivity contribution in [3.8, 4) is 6.07 Å². The Balaban J connectivity index is 1.86. The molecule has 1 aromatic carbocycles. The number of hydrogen-bond acceptors (Lipinski definition) is 4. The summed E-state index contributed by atoms with van der Waals surface area (Å²) in [5.74, 6) is -0.759. The van der Waals surface area contributed by atoms with Crippen molar-refractivity contribution in [1.29, 1.82) is 5.26 Å². The number of nitrogens with two attached hydrogens (primary N) is 1. The predicted octanol–water partition coefficient (Wildman–Crippen LogP) is 1.35. The summed E-state index contributed by atoms with van der Waals surface area (Å²) in [6.07, 6.45) is 2.95. The van der Waals surface area contributed by atoms with Crippen molar-refractivity contribution in [1.82, 2.24) is 4.90 Å². The molecule has 2 aliphatic rings. The van der Waals surface area contributed by atoms with Crippen LogP contribution in [-0.2, 0) is 14.9 Å². The van der Waals surface area contributed by atoms with Gasteiger partial charge in [-0.3, -0.25) is 9.59 Å². The number of hydrogen-bond donors (Lipinski definition) is 1. The van der Waals surface area contributed by atoms with E-state index in [0.717, 1.165) is 18.4 Å². The highest BCUT2D eigenvalue weighted by molar-refractivity contribution is 5.99. The Morgan fingerprint density at radius 2 is 1.96 bits per heavy atom. The van der Waals surface area contributed by atoms with E-state index in [1.165, 1.54) is 12.0 Å². The molecule has 1 saturated carbocycles. The third kappa shape index (κ3) is 2.45. The molecule has 2 amide bonds. The quantitative estimate of drug-likeness (QED) is 0.883. The van der Waals surface area contributed by atoms with Crippen LogP contribution in [0.5, 0.6) is 0 Å². The number of carbonyl (C=O) groups excluding carboxylic acids is 2. The van der Waals surface area contributed by atoms with E-state index >= 15 is 0 Å². The van der Waals surface area contributed by atoms with Crippen LogP contribution in [-0.4, -0.2) is 42.5 Å². The van der Waals surface area contributed by atoms with Crippen LogP contribution in [0.3, 0.4) is 0 Å². The summed E-state index contributed by atoms with van der Waals surface area (Å²) in [6, 6.07) is 9.47. The fraction of sp³-hybridized carbons (Fsp3) is 0.500. The molecule has 2 fully saturated rings. The van der Waals surface area contributed by atoms with Crippen LogP contribution in [0.4, 0.5) is 0 Å². The van der Waals surface area contributed by atoms with Crippen molar-refractivity contribution in [2.75, 3.05) is 20.3 Å². The van der Waals surface area contributed by atoms with E-state index in [1.807, 2.05) is 12.1 Å². The second kappa shape index (κ2) is 5.91. The van der Waals surface area contributed by atoms with Gasteiger partial charge < -0.3 is 15.4 Å². The van der Waals surface area contributed by atoms with E-state index in [0.29, 0.717) is 24.9 Å². The highest BCUT2D eigenvalue weighted by atomic mass is 16.5. The highest BCUT2D eigenvalue weighted by Gasteiger charge is 2.49. The molecule has 1 atom stereocenters. The Morgan fingerprint density at radius 3 is 2.46 bits per heavy atom. The van der Waals surface area contributed by atoms with Gasteiger partial charge in [-0.2, -0.15) is 5.26 Å². The molecule has 1 aromatic rings. The van der Waals surface area contributed by atoms with Crippen LogP contribution in [0, 0.1) is 11.3 Å². The van der Waals surface area contributed by atoms with Crippen molar-refractivity contribution in [2.45, 2.75) is 36.6 Å². The minimum atomic E-state index is -1.07. The molecule has 3 rings (SSSR count).